The Morgan fingerprint density at radius 3 is 2.48 bits per heavy atom. The number of nitrogens with one attached hydrogen (secondary N) is 2. The Hall–Kier alpha value is -2.75. The van der Waals surface area contributed by atoms with Gasteiger partial charge in [0.25, 0.3) is 0 Å². The smallest absolute Gasteiger partial charge is 0.193 e. The molecule has 0 radical (unpaired) electrons. The van der Waals surface area contributed by atoms with E-state index < -0.39 is 0 Å². The number of halogens is 1. The highest BCUT2D eigenvalue weighted by Crippen LogP contribution is 2.26. The zero-order valence-corrected chi connectivity index (χ0v) is 20.7. The molecule has 2 aromatic carbocycles. The van der Waals surface area contributed by atoms with Gasteiger partial charge in [0.1, 0.15) is 11.9 Å². The Kier molecular flexibility index (Phi) is 9.64. The number of rotatable bonds is 8. The highest BCUT2D eigenvalue weighted by molar-refractivity contribution is 14.0. The van der Waals surface area contributed by atoms with Crippen LogP contribution in [0.5, 0.6) is 11.5 Å². The highest BCUT2D eigenvalue weighted by atomic mass is 127. The molecule has 8 heteroatoms. The van der Waals surface area contributed by atoms with Crippen molar-refractivity contribution < 1.29 is 9.47 Å². The van der Waals surface area contributed by atoms with Crippen LogP contribution in [-0.4, -0.2) is 54.7 Å². The lowest BCUT2D eigenvalue weighted by atomic mass is 10.2. The van der Waals surface area contributed by atoms with Crippen LogP contribution in [0.25, 0.3) is 11.3 Å². The SMILES string of the molecule is CN=C(NCC(C)Oc1ccccc1OC)N(C)Cc1ncc(-c2ccccc2)[nH]1.I. The van der Waals surface area contributed by atoms with Crippen LogP contribution in [0.4, 0.5) is 0 Å². The van der Waals surface area contributed by atoms with E-state index in [0.717, 1.165) is 34.5 Å². The summed E-state index contributed by atoms with van der Waals surface area (Å²) in [5.41, 5.74) is 2.12. The molecular weight excluding hydrogens is 505 g/mol. The lowest BCUT2D eigenvalue weighted by Crippen LogP contribution is -2.42. The summed E-state index contributed by atoms with van der Waals surface area (Å²) in [6.45, 7) is 3.21. The summed E-state index contributed by atoms with van der Waals surface area (Å²) in [5, 5.41) is 3.35. The van der Waals surface area contributed by atoms with Crippen molar-refractivity contribution in [1.29, 1.82) is 0 Å². The minimum absolute atomic E-state index is 0. The summed E-state index contributed by atoms with van der Waals surface area (Å²) >= 11 is 0. The molecule has 0 amide bonds. The van der Waals surface area contributed by atoms with Gasteiger partial charge >= 0.3 is 0 Å². The molecule has 166 valence electrons. The number of methoxy groups -OCH3 is 1. The largest absolute Gasteiger partial charge is 0.493 e. The van der Waals surface area contributed by atoms with Crippen molar-refractivity contribution >= 4 is 29.9 Å². The number of nitrogens with zero attached hydrogens (tertiary/aromatic N) is 3. The molecule has 0 spiro atoms. The van der Waals surface area contributed by atoms with Crippen molar-refractivity contribution in [3.63, 3.8) is 0 Å². The summed E-state index contributed by atoms with van der Waals surface area (Å²) in [6.07, 6.45) is 1.79. The van der Waals surface area contributed by atoms with Crippen LogP contribution >= 0.6 is 24.0 Å². The molecular formula is C23H30IN5O2. The van der Waals surface area contributed by atoms with E-state index in [9.17, 15) is 0 Å². The molecule has 0 fully saturated rings. The fraction of sp³-hybridized carbons (Fsp3) is 0.304. The summed E-state index contributed by atoms with van der Waals surface area (Å²) in [6, 6.07) is 17.8. The second-order valence-electron chi connectivity index (χ2n) is 6.97. The molecule has 0 saturated heterocycles. The minimum atomic E-state index is -0.0697. The highest BCUT2D eigenvalue weighted by Gasteiger charge is 2.13. The predicted octanol–water partition coefficient (Wildman–Crippen LogP) is 4.18. The fourth-order valence-corrected chi connectivity index (χ4v) is 3.10. The van der Waals surface area contributed by atoms with Gasteiger partial charge in [0, 0.05) is 14.1 Å². The molecule has 1 unspecified atom stereocenters. The molecule has 0 bridgehead atoms. The number of hydrogen-bond acceptors (Lipinski definition) is 4. The quantitative estimate of drug-likeness (QED) is 0.257. The lowest BCUT2D eigenvalue weighted by molar-refractivity contribution is 0.212. The molecule has 1 heterocycles. The van der Waals surface area contributed by atoms with Crippen LogP contribution in [0.15, 0.2) is 65.8 Å². The van der Waals surface area contributed by atoms with Gasteiger partial charge in [-0.15, -0.1) is 24.0 Å². The van der Waals surface area contributed by atoms with Crippen molar-refractivity contribution in [3.05, 3.63) is 66.6 Å². The van der Waals surface area contributed by atoms with E-state index in [-0.39, 0.29) is 30.1 Å². The summed E-state index contributed by atoms with van der Waals surface area (Å²) in [4.78, 5) is 14.3. The van der Waals surface area contributed by atoms with Crippen LogP contribution in [0.2, 0.25) is 0 Å². The average molecular weight is 535 g/mol. The third-order valence-corrected chi connectivity index (χ3v) is 4.62. The van der Waals surface area contributed by atoms with Crippen LogP contribution < -0.4 is 14.8 Å². The second kappa shape index (κ2) is 12.2. The Labute approximate surface area is 200 Å². The monoisotopic (exact) mass is 535 g/mol. The van der Waals surface area contributed by atoms with Crippen molar-refractivity contribution in [1.82, 2.24) is 20.2 Å². The Morgan fingerprint density at radius 1 is 1.13 bits per heavy atom. The third-order valence-electron chi connectivity index (χ3n) is 4.62. The number of ether oxygens (including phenoxy) is 2. The number of para-hydroxylation sites is 2. The third kappa shape index (κ3) is 6.88. The van der Waals surface area contributed by atoms with Crippen molar-refractivity contribution in [2.24, 2.45) is 4.99 Å². The van der Waals surface area contributed by atoms with Crippen LogP contribution in [0.1, 0.15) is 12.7 Å². The van der Waals surface area contributed by atoms with E-state index in [1.54, 1.807) is 14.2 Å². The maximum absolute atomic E-state index is 6.00. The molecule has 2 N–H and O–H groups in total. The molecule has 1 atom stereocenters. The number of H-pyrrole nitrogens is 1. The molecule has 0 aliphatic rings. The molecule has 3 rings (SSSR count). The fourth-order valence-electron chi connectivity index (χ4n) is 3.10. The lowest BCUT2D eigenvalue weighted by Gasteiger charge is -2.23. The van der Waals surface area contributed by atoms with Crippen molar-refractivity contribution in [2.45, 2.75) is 19.6 Å². The minimum Gasteiger partial charge on any atom is -0.493 e. The number of aromatic amines is 1. The van der Waals surface area contributed by atoms with Crippen molar-refractivity contribution in [3.8, 4) is 22.8 Å². The first kappa shape index (κ1) is 24.5. The van der Waals surface area contributed by atoms with E-state index in [0.29, 0.717) is 13.1 Å². The molecule has 0 aliphatic carbocycles. The molecule has 3 aromatic rings. The maximum Gasteiger partial charge on any atom is 0.193 e. The topological polar surface area (TPSA) is 74.8 Å². The molecule has 0 saturated carbocycles. The van der Waals surface area contributed by atoms with Gasteiger partial charge < -0.3 is 24.7 Å². The van der Waals surface area contributed by atoms with E-state index in [1.165, 1.54) is 0 Å². The van der Waals surface area contributed by atoms with Gasteiger partial charge in [-0.2, -0.15) is 0 Å². The molecule has 0 aliphatic heterocycles. The van der Waals surface area contributed by atoms with Crippen LogP contribution in [-0.2, 0) is 6.54 Å². The number of guanidine groups is 1. The first-order valence-corrected chi connectivity index (χ1v) is 9.91. The predicted molar refractivity (Wildman–Crippen MR) is 135 cm³/mol. The molecule has 1 aromatic heterocycles. The molecule has 7 nitrogen and oxygen atoms in total. The first-order valence-electron chi connectivity index (χ1n) is 9.91. The van der Waals surface area contributed by atoms with Gasteiger partial charge in [0.2, 0.25) is 0 Å². The van der Waals surface area contributed by atoms with Gasteiger partial charge in [0.15, 0.2) is 17.5 Å². The first-order chi connectivity index (χ1) is 14.6. The summed E-state index contributed by atoms with van der Waals surface area (Å²) < 4.78 is 11.3. The zero-order chi connectivity index (χ0) is 21.3. The summed E-state index contributed by atoms with van der Waals surface area (Å²) in [7, 11) is 5.38. The van der Waals surface area contributed by atoms with Crippen LogP contribution in [0.3, 0.4) is 0 Å². The second-order valence-corrected chi connectivity index (χ2v) is 6.97. The Balaban J connectivity index is 0.00000341. The Bertz CT molecular complexity index is 961. The van der Waals surface area contributed by atoms with Crippen LogP contribution in [0, 0.1) is 0 Å². The summed E-state index contributed by atoms with van der Waals surface area (Å²) in [5.74, 6) is 3.08. The van der Waals surface area contributed by atoms with Gasteiger partial charge in [-0.05, 0) is 24.6 Å². The number of aliphatic imine (C=N–C) groups is 1. The molecule has 31 heavy (non-hydrogen) atoms. The number of hydrogen-bond donors (Lipinski definition) is 2. The standard InChI is InChI=1S/C23H29N5O2.HI/c1-17(30-21-13-9-8-12-20(21)29-4)14-26-23(24-2)28(3)16-22-25-15-19(27-22)18-10-6-5-7-11-18;/h5-13,15,17H,14,16H2,1-4H3,(H,24,26)(H,25,27);1H. The number of imidazole rings is 1. The Morgan fingerprint density at radius 2 is 1.81 bits per heavy atom. The van der Waals surface area contributed by atoms with Gasteiger partial charge in [-0.1, -0.05) is 42.5 Å². The van der Waals surface area contributed by atoms with Gasteiger partial charge in [0.05, 0.1) is 32.1 Å². The number of aromatic nitrogens is 2. The van der Waals surface area contributed by atoms with E-state index in [2.05, 4.69) is 32.4 Å². The zero-order valence-electron chi connectivity index (χ0n) is 18.3. The average Bonchev–Trinajstić information content (AvgIpc) is 3.23. The van der Waals surface area contributed by atoms with Crippen molar-refractivity contribution in [2.75, 3.05) is 27.7 Å². The van der Waals surface area contributed by atoms with E-state index >= 15 is 0 Å². The van der Waals surface area contributed by atoms with Gasteiger partial charge in [-0.25, -0.2) is 4.98 Å². The number of benzene rings is 2. The van der Waals surface area contributed by atoms with E-state index in [4.69, 9.17) is 9.47 Å². The normalized spacial score (nSPS) is 11.9. The maximum atomic E-state index is 6.00. The van der Waals surface area contributed by atoms with E-state index in [1.807, 2.05) is 67.5 Å². The van der Waals surface area contributed by atoms with Gasteiger partial charge in [-0.3, -0.25) is 4.99 Å².